The van der Waals surface area contributed by atoms with Crippen LogP contribution in [0, 0.1) is 0 Å². The normalized spacial score (nSPS) is 12.2. The van der Waals surface area contributed by atoms with Gasteiger partial charge in [-0.25, -0.2) is 8.42 Å². The second-order valence-corrected chi connectivity index (χ2v) is 6.98. The average Bonchev–Trinajstić information content (AvgIpc) is 2.99. The Hall–Kier alpha value is -2.56. The van der Waals surface area contributed by atoms with Crippen molar-refractivity contribution < 1.29 is 31.5 Å². The van der Waals surface area contributed by atoms with Crippen molar-refractivity contribution in [1.82, 2.24) is 10.2 Å². The van der Waals surface area contributed by atoms with E-state index in [1.165, 1.54) is 6.92 Å². The van der Waals surface area contributed by atoms with Gasteiger partial charge in [0.25, 0.3) is 5.91 Å². The fourth-order valence-corrected chi connectivity index (χ4v) is 2.65. The number of benzene rings is 1. The minimum atomic E-state index is -4.69. The molecule has 2 aromatic rings. The Kier molecular flexibility index (Phi) is 4.56. The summed E-state index contributed by atoms with van der Waals surface area (Å²) in [5.41, 5.74) is -2.03. The van der Waals surface area contributed by atoms with Crippen LogP contribution >= 0.6 is 0 Å². The maximum atomic E-state index is 12.5. The number of aromatic hydroxyl groups is 1. The molecule has 0 radical (unpaired) electrons. The molecule has 0 aliphatic carbocycles. The zero-order chi connectivity index (χ0) is 18.1. The van der Waals surface area contributed by atoms with E-state index in [4.69, 9.17) is 0 Å². The molecule has 0 atom stereocenters. The molecule has 1 amide bonds. The molecule has 0 unspecified atom stereocenters. The van der Waals surface area contributed by atoms with Gasteiger partial charge in [0, 0.05) is 6.07 Å². The van der Waals surface area contributed by atoms with Gasteiger partial charge in [0.2, 0.25) is 0 Å². The number of phenolic OH excluding ortho intramolecular Hbond substituents is 1. The topological polar surface area (TPSA) is 112 Å². The molecule has 0 aliphatic rings. The lowest BCUT2D eigenvalue weighted by Crippen LogP contribution is -2.13. The van der Waals surface area contributed by atoms with Crippen molar-refractivity contribution in [3.63, 3.8) is 0 Å². The molecule has 0 saturated heterocycles. The minimum absolute atomic E-state index is 0.142. The van der Waals surface area contributed by atoms with E-state index in [0.29, 0.717) is 6.07 Å². The van der Waals surface area contributed by atoms with Gasteiger partial charge < -0.3 is 10.4 Å². The Morgan fingerprint density at radius 1 is 1.33 bits per heavy atom. The number of phenols is 1. The van der Waals surface area contributed by atoms with Gasteiger partial charge in [-0.3, -0.25) is 9.89 Å². The number of nitrogens with zero attached hydrogens (tertiary/aromatic N) is 1. The highest BCUT2D eigenvalue weighted by Crippen LogP contribution is 2.29. The first-order valence-electron chi connectivity index (χ1n) is 6.54. The molecule has 0 spiro atoms. The SMILES string of the molecule is CCS(=O)(=O)c1ccc(O)c(NC(=O)c2cc(C(F)(F)F)[nH]n2)c1. The van der Waals surface area contributed by atoms with Crippen molar-refractivity contribution in [3.8, 4) is 5.75 Å². The fourth-order valence-electron chi connectivity index (χ4n) is 1.74. The van der Waals surface area contributed by atoms with Gasteiger partial charge in [0.05, 0.1) is 16.3 Å². The third-order valence-electron chi connectivity index (χ3n) is 3.07. The molecule has 7 nitrogen and oxygen atoms in total. The van der Waals surface area contributed by atoms with E-state index in [-0.39, 0.29) is 16.3 Å². The molecule has 11 heteroatoms. The van der Waals surface area contributed by atoms with E-state index >= 15 is 0 Å². The van der Waals surface area contributed by atoms with Gasteiger partial charge in [-0.2, -0.15) is 18.3 Å². The highest BCUT2D eigenvalue weighted by molar-refractivity contribution is 7.91. The van der Waals surface area contributed by atoms with E-state index < -0.39 is 39.1 Å². The van der Waals surface area contributed by atoms with Crippen molar-refractivity contribution >= 4 is 21.4 Å². The van der Waals surface area contributed by atoms with E-state index in [1.54, 1.807) is 5.10 Å². The number of halogens is 3. The third-order valence-corrected chi connectivity index (χ3v) is 4.80. The lowest BCUT2D eigenvalue weighted by atomic mass is 10.2. The third kappa shape index (κ3) is 3.67. The molecule has 0 aliphatic heterocycles. The molecular formula is C13H12F3N3O4S. The van der Waals surface area contributed by atoms with Crippen LogP contribution in [0.4, 0.5) is 18.9 Å². The average molecular weight is 363 g/mol. The predicted molar refractivity (Wildman–Crippen MR) is 77.4 cm³/mol. The Morgan fingerprint density at radius 2 is 2.00 bits per heavy atom. The number of anilines is 1. The van der Waals surface area contributed by atoms with E-state index in [1.807, 2.05) is 0 Å². The summed E-state index contributed by atoms with van der Waals surface area (Å²) in [5.74, 6) is -1.67. The number of nitrogens with one attached hydrogen (secondary N) is 2. The molecule has 0 fully saturated rings. The Labute approximate surface area is 134 Å². The second kappa shape index (κ2) is 6.15. The highest BCUT2D eigenvalue weighted by atomic mass is 32.2. The predicted octanol–water partition coefficient (Wildman–Crippen LogP) is 2.18. The molecule has 1 aromatic heterocycles. The van der Waals surface area contributed by atoms with Gasteiger partial charge >= 0.3 is 6.18 Å². The smallest absolute Gasteiger partial charge is 0.432 e. The number of aromatic nitrogens is 2. The molecule has 24 heavy (non-hydrogen) atoms. The van der Waals surface area contributed by atoms with Crippen molar-refractivity contribution in [2.75, 3.05) is 11.1 Å². The Balaban J connectivity index is 2.29. The quantitative estimate of drug-likeness (QED) is 0.721. The van der Waals surface area contributed by atoms with E-state index in [9.17, 15) is 31.5 Å². The van der Waals surface area contributed by atoms with Crippen LogP contribution in [0.1, 0.15) is 23.1 Å². The van der Waals surface area contributed by atoms with Crippen LogP contribution in [-0.2, 0) is 16.0 Å². The highest BCUT2D eigenvalue weighted by Gasteiger charge is 2.33. The molecule has 0 saturated carbocycles. The molecule has 2 rings (SSSR count). The molecular weight excluding hydrogens is 351 g/mol. The zero-order valence-corrected chi connectivity index (χ0v) is 13.0. The monoisotopic (exact) mass is 363 g/mol. The van der Waals surface area contributed by atoms with Crippen LogP contribution < -0.4 is 5.32 Å². The van der Waals surface area contributed by atoms with Crippen molar-refractivity contribution in [2.45, 2.75) is 18.0 Å². The summed E-state index contributed by atoms with van der Waals surface area (Å²) in [6, 6.07) is 3.73. The summed E-state index contributed by atoms with van der Waals surface area (Å²) >= 11 is 0. The van der Waals surface area contributed by atoms with Gasteiger partial charge in [-0.05, 0) is 18.2 Å². The molecule has 1 aromatic carbocycles. The van der Waals surface area contributed by atoms with Crippen LogP contribution in [0.2, 0.25) is 0 Å². The first kappa shape index (κ1) is 17.8. The minimum Gasteiger partial charge on any atom is -0.506 e. The standard InChI is InChI=1S/C13H12F3N3O4S/c1-2-24(22,23)7-3-4-10(20)8(5-7)17-12(21)9-6-11(19-18-9)13(14,15)16/h3-6,20H,2H2,1H3,(H,17,21)(H,18,19). The maximum absolute atomic E-state index is 12.5. The lowest BCUT2D eigenvalue weighted by Gasteiger charge is -2.08. The van der Waals surface area contributed by atoms with Gasteiger partial charge in [0.1, 0.15) is 11.4 Å². The van der Waals surface area contributed by atoms with E-state index in [0.717, 1.165) is 18.2 Å². The number of H-pyrrole nitrogens is 1. The molecule has 130 valence electrons. The molecule has 0 bridgehead atoms. The number of hydrogen-bond acceptors (Lipinski definition) is 5. The summed E-state index contributed by atoms with van der Waals surface area (Å²) in [6.45, 7) is 1.42. The van der Waals surface area contributed by atoms with Crippen LogP contribution in [0.25, 0.3) is 0 Å². The summed E-state index contributed by atoms with van der Waals surface area (Å²) < 4.78 is 61.0. The summed E-state index contributed by atoms with van der Waals surface area (Å²) in [7, 11) is -3.59. The first-order chi connectivity index (χ1) is 11.0. The number of aromatic amines is 1. The molecule has 1 heterocycles. The lowest BCUT2D eigenvalue weighted by molar-refractivity contribution is -0.141. The van der Waals surface area contributed by atoms with Crippen LogP contribution in [-0.4, -0.2) is 35.4 Å². The summed E-state index contributed by atoms with van der Waals surface area (Å²) in [5, 5.41) is 16.7. The van der Waals surface area contributed by atoms with Crippen LogP contribution in [0.15, 0.2) is 29.2 Å². The number of hydrogen-bond donors (Lipinski definition) is 3. The number of sulfone groups is 1. The summed E-state index contributed by atoms with van der Waals surface area (Å²) in [6.07, 6.45) is -4.69. The maximum Gasteiger partial charge on any atom is 0.432 e. The van der Waals surface area contributed by atoms with Crippen molar-refractivity contribution in [1.29, 1.82) is 0 Å². The van der Waals surface area contributed by atoms with Crippen molar-refractivity contribution in [3.05, 3.63) is 35.7 Å². The number of rotatable bonds is 4. The van der Waals surface area contributed by atoms with Crippen molar-refractivity contribution in [2.24, 2.45) is 0 Å². The van der Waals surface area contributed by atoms with Crippen LogP contribution in [0.3, 0.4) is 0 Å². The number of amides is 1. The summed E-state index contributed by atoms with van der Waals surface area (Å²) in [4.78, 5) is 11.8. The first-order valence-corrected chi connectivity index (χ1v) is 8.19. The number of carbonyl (C=O) groups excluding carboxylic acids is 1. The zero-order valence-electron chi connectivity index (χ0n) is 12.2. The number of carbonyl (C=O) groups is 1. The fraction of sp³-hybridized carbons (Fsp3) is 0.231. The Morgan fingerprint density at radius 3 is 2.54 bits per heavy atom. The number of alkyl halides is 3. The van der Waals surface area contributed by atoms with Gasteiger partial charge in [0.15, 0.2) is 15.5 Å². The molecule has 3 N–H and O–H groups in total. The largest absolute Gasteiger partial charge is 0.506 e. The van der Waals surface area contributed by atoms with Gasteiger partial charge in [-0.1, -0.05) is 6.92 Å². The Bertz CT molecular complexity index is 875. The van der Waals surface area contributed by atoms with E-state index in [2.05, 4.69) is 10.4 Å². The second-order valence-electron chi connectivity index (χ2n) is 4.70. The van der Waals surface area contributed by atoms with Gasteiger partial charge in [-0.15, -0.1) is 0 Å². The van der Waals surface area contributed by atoms with Crippen LogP contribution in [0.5, 0.6) is 5.75 Å².